The number of aryl methyl sites for hydroxylation is 1. The Morgan fingerprint density at radius 2 is 2.05 bits per heavy atom. The number of benzene rings is 1. The van der Waals surface area contributed by atoms with E-state index in [9.17, 15) is 9.59 Å². The topological polar surface area (TPSA) is 66.4 Å². The number of carboxylic acid groups (broad SMARTS) is 1. The fourth-order valence-electron chi connectivity index (χ4n) is 1.53. The number of hydrogen-bond donors (Lipinski definition) is 2. The number of nitrogens with one attached hydrogen (secondary N) is 1. The molecule has 0 aliphatic heterocycles. The van der Waals surface area contributed by atoms with Crippen LogP contribution in [-0.4, -0.2) is 23.5 Å². The van der Waals surface area contributed by atoms with Gasteiger partial charge in [-0.3, -0.25) is 9.59 Å². The molecule has 0 radical (unpaired) electrons. The van der Waals surface area contributed by atoms with Gasteiger partial charge in [0.25, 0.3) is 0 Å². The third kappa shape index (κ3) is 5.38. The van der Waals surface area contributed by atoms with E-state index in [0.29, 0.717) is 13.0 Å². The molecular formula is C15H19NO3. The van der Waals surface area contributed by atoms with Gasteiger partial charge in [0.05, 0.1) is 5.92 Å². The average molecular weight is 261 g/mol. The number of hydrogen-bond acceptors (Lipinski definition) is 2. The summed E-state index contributed by atoms with van der Waals surface area (Å²) in [7, 11) is 0. The lowest BCUT2D eigenvalue weighted by Gasteiger charge is -2.06. The standard InChI is InChI=1S/C15H19NO3/c1-11-5-3-4-6-13(11)7-8-14(17)16-10-9-12(2)15(18)19/h3-8,12H,9-10H2,1-2H3,(H,16,17)(H,18,19)/b8-7+. The number of carbonyl (C=O) groups excluding carboxylic acids is 1. The minimum absolute atomic E-state index is 0.208. The third-order valence-electron chi connectivity index (χ3n) is 2.90. The van der Waals surface area contributed by atoms with Crippen molar-refractivity contribution in [2.75, 3.05) is 6.54 Å². The minimum Gasteiger partial charge on any atom is -0.481 e. The summed E-state index contributed by atoms with van der Waals surface area (Å²) in [6.07, 6.45) is 3.65. The van der Waals surface area contributed by atoms with E-state index in [-0.39, 0.29) is 5.91 Å². The van der Waals surface area contributed by atoms with Gasteiger partial charge < -0.3 is 10.4 Å². The summed E-state index contributed by atoms with van der Waals surface area (Å²) in [5.74, 6) is -1.49. The fourth-order valence-corrected chi connectivity index (χ4v) is 1.53. The summed E-state index contributed by atoms with van der Waals surface area (Å²) >= 11 is 0. The Hall–Kier alpha value is -2.10. The summed E-state index contributed by atoms with van der Waals surface area (Å²) in [5, 5.41) is 11.4. The summed E-state index contributed by atoms with van der Waals surface area (Å²) in [4.78, 5) is 22.1. The van der Waals surface area contributed by atoms with Crippen molar-refractivity contribution >= 4 is 18.0 Å². The van der Waals surface area contributed by atoms with Crippen molar-refractivity contribution in [2.45, 2.75) is 20.3 Å². The largest absolute Gasteiger partial charge is 0.481 e. The van der Waals surface area contributed by atoms with Crippen molar-refractivity contribution in [1.82, 2.24) is 5.32 Å². The molecule has 0 spiro atoms. The predicted molar refractivity (Wildman–Crippen MR) is 74.6 cm³/mol. The van der Waals surface area contributed by atoms with Crippen molar-refractivity contribution < 1.29 is 14.7 Å². The molecule has 1 rings (SSSR count). The van der Waals surface area contributed by atoms with Crippen LogP contribution >= 0.6 is 0 Å². The SMILES string of the molecule is Cc1ccccc1/C=C/C(=O)NCCC(C)C(=O)O. The smallest absolute Gasteiger partial charge is 0.306 e. The highest BCUT2D eigenvalue weighted by Gasteiger charge is 2.09. The van der Waals surface area contributed by atoms with E-state index in [0.717, 1.165) is 11.1 Å². The molecule has 0 aromatic heterocycles. The van der Waals surface area contributed by atoms with Gasteiger partial charge >= 0.3 is 5.97 Å². The Morgan fingerprint density at radius 1 is 1.37 bits per heavy atom. The molecule has 1 aromatic rings. The van der Waals surface area contributed by atoms with Gasteiger partial charge in [-0.25, -0.2) is 0 Å². The van der Waals surface area contributed by atoms with Gasteiger partial charge in [0.15, 0.2) is 0 Å². The second-order valence-electron chi connectivity index (χ2n) is 4.51. The first-order valence-electron chi connectivity index (χ1n) is 6.25. The number of aliphatic carboxylic acids is 1. The van der Waals surface area contributed by atoms with Gasteiger partial charge in [-0.15, -0.1) is 0 Å². The molecular weight excluding hydrogens is 242 g/mol. The van der Waals surface area contributed by atoms with Crippen LogP contribution in [0.5, 0.6) is 0 Å². The zero-order chi connectivity index (χ0) is 14.3. The van der Waals surface area contributed by atoms with Crippen molar-refractivity contribution in [3.05, 3.63) is 41.5 Å². The second-order valence-corrected chi connectivity index (χ2v) is 4.51. The van der Waals surface area contributed by atoms with Crippen molar-refractivity contribution in [3.8, 4) is 0 Å². The summed E-state index contributed by atoms with van der Waals surface area (Å²) in [6, 6.07) is 7.77. The molecule has 1 atom stereocenters. The lowest BCUT2D eigenvalue weighted by Crippen LogP contribution is -2.25. The molecule has 1 amide bonds. The third-order valence-corrected chi connectivity index (χ3v) is 2.90. The van der Waals surface area contributed by atoms with Gasteiger partial charge in [0, 0.05) is 12.6 Å². The Kier molecular flexibility index (Phi) is 5.79. The maximum absolute atomic E-state index is 11.5. The molecule has 0 saturated carbocycles. The molecule has 0 fully saturated rings. The lowest BCUT2D eigenvalue weighted by atomic mass is 10.1. The highest BCUT2D eigenvalue weighted by molar-refractivity contribution is 5.91. The number of carbonyl (C=O) groups is 2. The Bertz CT molecular complexity index is 480. The van der Waals surface area contributed by atoms with Crippen LogP contribution in [0, 0.1) is 12.8 Å². The van der Waals surface area contributed by atoms with Crippen molar-refractivity contribution in [1.29, 1.82) is 0 Å². The predicted octanol–water partition coefficient (Wildman–Crippen LogP) is 2.24. The Balaban J connectivity index is 2.40. The summed E-state index contributed by atoms with van der Waals surface area (Å²) in [5.41, 5.74) is 2.10. The van der Waals surface area contributed by atoms with E-state index in [2.05, 4.69) is 5.32 Å². The average Bonchev–Trinajstić information content (AvgIpc) is 2.37. The quantitative estimate of drug-likeness (QED) is 0.772. The fraction of sp³-hybridized carbons (Fsp3) is 0.333. The molecule has 0 aliphatic carbocycles. The van der Waals surface area contributed by atoms with Crippen LogP contribution < -0.4 is 5.32 Å². The van der Waals surface area contributed by atoms with Crippen LogP contribution in [0.3, 0.4) is 0 Å². The Labute approximate surface area is 113 Å². The highest BCUT2D eigenvalue weighted by atomic mass is 16.4. The first-order chi connectivity index (χ1) is 9.00. The van der Waals surface area contributed by atoms with Gasteiger partial charge in [-0.2, -0.15) is 0 Å². The molecule has 0 aliphatic rings. The number of rotatable bonds is 6. The summed E-state index contributed by atoms with van der Waals surface area (Å²) < 4.78 is 0. The van der Waals surface area contributed by atoms with Crippen LogP contribution in [0.15, 0.2) is 30.3 Å². The first kappa shape index (κ1) is 15.0. The zero-order valence-electron chi connectivity index (χ0n) is 11.2. The van der Waals surface area contributed by atoms with E-state index in [1.165, 1.54) is 6.08 Å². The maximum atomic E-state index is 11.5. The van der Waals surface area contributed by atoms with Crippen LogP contribution in [0.1, 0.15) is 24.5 Å². The molecule has 0 saturated heterocycles. The number of amides is 1. The summed E-state index contributed by atoms with van der Waals surface area (Å²) in [6.45, 7) is 3.97. The van der Waals surface area contributed by atoms with E-state index >= 15 is 0 Å². The minimum atomic E-state index is -0.843. The molecule has 4 heteroatoms. The number of carboxylic acids is 1. The molecule has 2 N–H and O–H groups in total. The van der Waals surface area contributed by atoms with Gasteiger partial charge in [0.1, 0.15) is 0 Å². The van der Waals surface area contributed by atoms with E-state index in [4.69, 9.17) is 5.11 Å². The van der Waals surface area contributed by atoms with E-state index < -0.39 is 11.9 Å². The maximum Gasteiger partial charge on any atom is 0.306 e. The molecule has 1 unspecified atom stereocenters. The molecule has 19 heavy (non-hydrogen) atoms. The van der Waals surface area contributed by atoms with Gasteiger partial charge in [0.2, 0.25) is 5.91 Å². The van der Waals surface area contributed by atoms with Crippen LogP contribution in [0.25, 0.3) is 6.08 Å². The molecule has 102 valence electrons. The van der Waals surface area contributed by atoms with Crippen LogP contribution in [0.4, 0.5) is 0 Å². The Morgan fingerprint density at radius 3 is 2.68 bits per heavy atom. The van der Waals surface area contributed by atoms with Crippen molar-refractivity contribution in [2.24, 2.45) is 5.92 Å². The molecule has 1 aromatic carbocycles. The van der Waals surface area contributed by atoms with Crippen LogP contribution in [0.2, 0.25) is 0 Å². The van der Waals surface area contributed by atoms with Gasteiger partial charge in [-0.1, -0.05) is 31.2 Å². The highest BCUT2D eigenvalue weighted by Crippen LogP contribution is 2.08. The lowest BCUT2D eigenvalue weighted by molar-refractivity contribution is -0.141. The molecule has 4 nitrogen and oxygen atoms in total. The van der Waals surface area contributed by atoms with Crippen LogP contribution in [-0.2, 0) is 9.59 Å². The second kappa shape index (κ2) is 7.36. The monoisotopic (exact) mass is 261 g/mol. The zero-order valence-corrected chi connectivity index (χ0v) is 11.2. The van der Waals surface area contributed by atoms with E-state index in [1.54, 1.807) is 13.0 Å². The van der Waals surface area contributed by atoms with Gasteiger partial charge in [-0.05, 0) is 30.5 Å². The van der Waals surface area contributed by atoms with Crippen molar-refractivity contribution in [3.63, 3.8) is 0 Å². The molecule has 0 bridgehead atoms. The molecule has 0 heterocycles. The van der Waals surface area contributed by atoms with E-state index in [1.807, 2.05) is 31.2 Å². The normalized spacial score (nSPS) is 12.3. The first-order valence-corrected chi connectivity index (χ1v) is 6.25.